The Bertz CT molecular complexity index is 443. The second kappa shape index (κ2) is 7.90. The lowest BCUT2D eigenvalue weighted by Gasteiger charge is -2.23. The molecule has 1 aliphatic rings. The number of aliphatic hydroxyl groups excluding tert-OH is 1. The van der Waals surface area contributed by atoms with Crippen molar-refractivity contribution in [2.75, 3.05) is 31.7 Å². The van der Waals surface area contributed by atoms with Crippen LogP contribution in [0.15, 0.2) is 18.5 Å². The van der Waals surface area contributed by atoms with E-state index in [1.54, 1.807) is 18.5 Å². The van der Waals surface area contributed by atoms with E-state index in [0.717, 1.165) is 19.4 Å². The normalized spacial score (nSPS) is 19.5. The number of nitrogens with one attached hydrogen (secondary N) is 1. The number of carbonyl (C=O) groups is 1. The number of rotatable bonds is 7. The van der Waals surface area contributed by atoms with E-state index in [1.807, 2.05) is 4.90 Å². The highest BCUT2D eigenvalue weighted by atomic mass is 16.5. The molecule has 0 spiro atoms. The number of aliphatic hydroxyl groups is 1. The fourth-order valence-electron chi connectivity index (χ4n) is 2.47. The Morgan fingerprint density at radius 3 is 3.05 bits per heavy atom. The lowest BCUT2D eigenvalue weighted by Crippen LogP contribution is -2.44. The fraction of sp³-hybridized carbons (Fsp3) is 0.643. The number of nitrogens with zero attached hydrogens (tertiary/aromatic N) is 3. The number of hydrogen-bond acceptors (Lipinski definition) is 6. The maximum absolute atomic E-state index is 12.2. The summed E-state index contributed by atoms with van der Waals surface area (Å²) >= 11 is 0. The molecular formula is C14H22N4O3. The molecule has 1 aromatic heterocycles. The van der Waals surface area contributed by atoms with Gasteiger partial charge in [-0.05, 0) is 25.3 Å². The summed E-state index contributed by atoms with van der Waals surface area (Å²) in [6.07, 6.45) is 5.03. The van der Waals surface area contributed by atoms with E-state index in [0.29, 0.717) is 18.9 Å². The second-order valence-corrected chi connectivity index (χ2v) is 5.09. The Labute approximate surface area is 124 Å². The summed E-state index contributed by atoms with van der Waals surface area (Å²) < 4.78 is 4.85. The van der Waals surface area contributed by atoms with Gasteiger partial charge in [-0.2, -0.15) is 0 Å². The minimum absolute atomic E-state index is 0.0374. The van der Waals surface area contributed by atoms with E-state index in [-0.39, 0.29) is 18.6 Å². The van der Waals surface area contributed by atoms with Crippen LogP contribution >= 0.6 is 0 Å². The van der Waals surface area contributed by atoms with Crippen molar-refractivity contribution in [3.05, 3.63) is 18.5 Å². The van der Waals surface area contributed by atoms with Crippen LogP contribution in [-0.2, 0) is 9.53 Å². The van der Waals surface area contributed by atoms with Crippen LogP contribution in [0.4, 0.5) is 5.95 Å². The summed E-state index contributed by atoms with van der Waals surface area (Å²) in [6.45, 7) is 1.50. The number of anilines is 1. The molecule has 2 atom stereocenters. The second-order valence-electron chi connectivity index (χ2n) is 5.09. The molecule has 21 heavy (non-hydrogen) atoms. The van der Waals surface area contributed by atoms with E-state index in [4.69, 9.17) is 4.74 Å². The highest BCUT2D eigenvalue weighted by molar-refractivity contribution is 5.85. The zero-order chi connectivity index (χ0) is 15.1. The van der Waals surface area contributed by atoms with Crippen LogP contribution < -0.4 is 10.2 Å². The summed E-state index contributed by atoms with van der Waals surface area (Å²) in [5.41, 5.74) is 0. The topological polar surface area (TPSA) is 87.6 Å². The average Bonchev–Trinajstić information content (AvgIpc) is 2.98. The van der Waals surface area contributed by atoms with Crippen molar-refractivity contribution in [1.82, 2.24) is 15.3 Å². The van der Waals surface area contributed by atoms with Gasteiger partial charge in [-0.1, -0.05) is 0 Å². The number of amides is 1. The van der Waals surface area contributed by atoms with Crippen LogP contribution in [0, 0.1) is 0 Å². The summed E-state index contributed by atoms with van der Waals surface area (Å²) in [7, 11) is 1.54. The molecule has 7 nitrogen and oxygen atoms in total. The first-order valence-corrected chi connectivity index (χ1v) is 7.20. The third kappa shape index (κ3) is 4.37. The molecule has 2 heterocycles. The van der Waals surface area contributed by atoms with Crippen molar-refractivity contribution in [2.24, 2.45) is 0 Å². The predicted molar refractivity (Wildman–Crippen MR) is 77.9 cm³/mol. The highest BCUT2D eigenvalue weighted by Gasteiger charge is 2.32. The van der Waals surface area contributed by atoms with Crippen molar-refractivity contribution in [3.63, 3.8) is 0 Å². The zero-order valence-corrected chi connectivity index (χ0v) is 12.2. The molecule has 116 valence electrons. The zero-order valence-electron chi connectivity index (χ0n) is 12.2. The Morgan fingerprint density at radius 1 is 1.57 bits per heavy atom. The standard InChI is InChI=1S/C14H22N4O3/c1-21-10-11(19)5-8-15-13(20)12-4-2-9-18(12)14-16-6-3-7-17-14/h3,6-7,11-12,19H,2,4-5,8-10H2,1H3,(H,15,20). The van der Waals surface area contributed by atoms with Crippen molar-refractivity contribution < 1.29 is 14.6 Å². The summed E-state index contributed by atoms with van der Waals surface area (Å²) in [6, 6.07) is 1.53. The quantitative estimate of drug-likeness (QED) is 0.733. The molecule has 1 saturated heterocycles. The lowest BCUT2D eigenvalue weighted by molar-refractivity contribution is -0.122. The molecule has 0 aromatic carbocycles. The van der Waals surface area contributed by atoms with Crippen LogP contribution in [0.1, 0.15) is 19.3 Å². The van der Waals surface area contributed by atoms with Gasteiger partial charge in [0.15, 0.2) is 0 Å². The van der Waals surface area contributed by atoms with E-state index in [1.165, 1.54) is 7.11 Å². The highest BCUT2D eigenvalue weighted by Crippen LogP contribution is 2.21. The van der Waals surface area contributed by atoms with Gasteiger partial charge in [0.25, 0.3) is 0 Å². The molecule has 0 aliphatic carbocycles. The van der Waals surface area contributed by atoms with Crippen LogP contribution in [0.2, 0.25) is 0 Å². The molecule has 7 heteroatoms. The monoisotopic (exact) mass is 294 g/mol. The fourth-order valence-corrected chi connectivity index (χ4v) is 2.47. The molecule has 1 aromatic rings. The number of hydrogen-bond donors (Lipinski definition) is 2. The smallest absolute Gasteiger partial charge is 0.242 e. The lowest BCUT2D eigenvalue weighted by atomic mass is 10.2. The maximum atomic E-state index is 12.2. The summed E-state index contributed by atoms with van der Waals surface area (Å²) in [5, 5.41) is 12.4. The van der Waals surface area contributed by atoms with Gasteiger partial charge in [-0.15, -0.1) is 0 Å². The van der Waals surface area contributed by atoms with Crippen LogP contribution in [0.3, 0.4) is 0 Å². The molecule has 1 aliphatic heterocycles. The summed E-state index contributed by atoms with van der Waals surface area (Å²) in [5.74, 6) is 0.555. The van der Waals surface area contributed by atoms with Gasteiger partial charge in [0.1, 0.15) is 6.04 Å². The van der Waals surface area contributed by atoms with Crippen LogP contribution in [0.5, 0.6) is 0 Å². The van der Waals surface area contributed by atoms with Gasteiger partial charge in [-0.3, -0.25) is 4.79 Å². The first-order valence-electron chi connectivity index (χ1n) is 7.20. The van der Waals surface area contributed by atoms with Crippen LogP contribution in [-0.4, -0.2) is 59.9 Å². The van der Waals surface area contributed by atoms with Gasteiger partial charge < -0.3 is 20.1 Å². The van der Waals surface area contributed by atoms with Gasteiger partial charge in [-0.25, -0.2) is 9.97 Å². The van der Waals surface area contributed by atoms with Crippen molar-refractivity contribution in [2.45, 2.75) is 31.4 Å². The van der Waals surface area contributed by atoms with E-state index in [9.17, 15) is 9.90 Å². The molecule has 0 radical (unpaired) electrons. The molecule has 2 N–H and O–H groups in total. The predicted octanol–water partition coefficient (Wildman–Crippen LogP) is -0.0410. The SMILES string of the molecule is COCC(O)CCNC(=O)C1CCCN1c1ncccn1. The molecule has 0 bridgehead atoms. The molecule has 2 rings (SSSR count). The Kier molecular flexibility index (Phi) is 5.89. The van der Waals surface area contributed by atoms with Gasteiger partial charge >= 0.3 is 0 Å². The summed E-state index contributed by atoms with van der Waals surface area (Å²) in [4.78, 5) is 22.6. The average molecular weight is 294 g/mol. The third-order valence-corrected chi connectivity index (χ3v) is 3.50. The molecule has 1 fully saturated rings. The van der Waals surface area contributed by atoms with Crippen molar-refractivity contribution in [3.8, 4) is 0 Å². The third-order valence-electron chi connectivity index (χ3n) is 3.50. The maximum Gasteiger partial charge on any atom is 0.242 e. The number of carbonyl (C=O) groups excluding carboxylic acids is 1. The van der Waals surface area contributed by atoms with E-state index >= 15 is 0 Å². The Morgan fingerprint density at radius 2 is 2.33 bits per heavy atom. The van der Waals surface area contributed by atoms with Gasteiger partial charge in [0.2, 0.25) is 11.9 Å². The Balaban J connectivity index is 1.84. The number of aromatic nitrogens is 2. The van der Waals surface area contributed by atoms with Crippen molar-refractivity contribution >= 4 is 11.9 Å². The molecule has 1 amide bonds. The first-order chi connectivity index (χ1) is 10.2. The Hall–Kier alpha value is -1.73. The van der Waals surface area contributed by atoms with E-state index in [2.05, 4.69) is 15.3 Å². The largest absolute Gasteiger partial charge is 0.391 e. The minimum Gasteiger partial charge on any atom is -0.391 e. The van der Waals surface area contributed by atoms with Crippen LogP contribution in [0.25, 0.3) is 0 Å². The van der Waals surface area contributed by atoms with Gasteiger partial charge in [0.05, 0.1) is 12.7 Å². The molecular weight excluding hydrogens is 272 g/mol. The van der Waals surface area contributed by atoms with E-state index < -0.39 is 6.10 Å². The van der Waals surface area contributed by atoms with Crippen molar-refractivity contribution in [1.29, 1.82) is 0 Å². The minimum atomic E-state index is -0.549. The number of ether oxygens (including phenoxy) is 1. The first kappa shape index (κ1) is 15.7. The molecule has 2 unspecified atom stereocenters. The molecule has 0 saturated carbocycles. The number of methoxy groups -OCH3 is 1. The van der Waals surface area contributed by atoms with Gasteiger partial charge in [0, 0.05) is 32.6 Å².